The van der Waals surface area contributed by atoms with Crippen LogP contribution in [0.25, 0.3) is 0 Å². The fourth-order valence-electron chi connectivity index (χ4n) is 2.54. The number of aliphatic carboxylic acids is 1. The first-order valence-corrected chi connectivity index (χ1v) is 6.17. The molecule has 1 saturated carbocycles. The molecule has 0 saturated heterocycles. The molecular formula is C13H15FN2O3. The highest BCUT2D eigenvalue weighted by atomic mass is 19.1. The van der Waals surface area contributed by atoms with Gasteiger partial charge in [0.25, 0.3) is 5.91 Å². The molecule has 19 heavy (non-hydrogen) atoms. The average Bonchev–Trinajstić information content (AvgIpc) is 2.76. The van der Waals surface area contributed by atoms with Crippen LogP contribution in [-0.2, 0) is 4.79 Å². The minimum Gasteiger partial charge on any atom is -0.481 e. The summed E-state index contributed by atoms with van der Waals surface area (Å²) in [5.74, 6) is -2.13. The summed E-state index contributed by atoms with van der Waals surface area (Å²) in [6.07, 6.45) is 4.16. The van der Waals surface area contributed by atoms with Gasteiger partial charge in [-0.1, -0.05) is 12.8 Å². The third-order valence-corrected chi connectivity index (χ3v) is 3.42. The molecule has 0 unspecified atom stereocenters. The molecule has 0 bridgehead atoms. The van der Waals surface area contributed by atoms with Gasteiger partial charge in [0, 0.05) is 17.8 Å². The number of rotatable bonds is 4. The maximum atomic E-state index is 13.0. The standard InChI is InChI=1S/C13H15FN2O3/c14-10-7-9(3-6-15-10)12(19)16-13(8-11(17)18)4-1-2-5-13/h3,6-7H,1-2,4-5,8H2,(H,16,19)(H,17,18). The van der Waals surface area contributed by atoms with Gasteiger partial charge in [0.2, 0.25) is 5.95 Å². The molecule has 1 fully saturated rings. The van der Waals surface area contributed by atoms with Crippen molar-refractivity contribution >= 4 is 11.9 Å². The maximum absolute atomic E-state index is 13.0. The number of halogens is 1. The largest absolute Gasteiger partial charge is 0.481 e. The number of nitrogens with one attached hydrogen (secondary N) is 1. The molecule has 6 heteroatoms. The van der Waals surface area contributed by atoms with Gasteiger partial charge in [0.05, 0.1) is 12.0 Å². The van der Waals surface area contributed by atoms with E-state index >= 15 is 0 Å². The molecule has 0 radical (unpaired) electrons. The molecule has 0 atom stereocenters. The second kappa shape index (κ2) is 5.34. The van der Waals surface area contributed by atoms with Gasteiger partial charge in [-0.05, 0) is 18.9 Å². The van der Waals surface area contributed by atoms with Gasteiger partial charge in [-0.25, -0.2) is 4.98 Å². The second-order valence-corrected chi connectivity index (χ2v) is 4.88. The lowest BCUT2D eigenvalue weighted by molar-refractivity contribution is -0.138. The molecule has 2 rings (SSSR count). The van der Waals surface area contributed by atoms with Crippen molar-refractivity contribution in [1.29, 1.82) is 0 Å². The molecular weight excluding hydrogens is 251 g/mol. The zero-order valence-corrected chi connectivity index (χ0v) is 10.4. The Morgan fingerprint density at radius 3 is 2.68 bits per heavy atom. The Morgan fingerprint density at radius 2 is 2.11 bits per heavy atom. The van der Waals surface area contributed by atoms with E-state index in [-0.39, 0.29) is 12.0 Å². The van der Waals surface area contributed by atoms with Crippen molar-refractivity contribution in [2.75, 3.05) is 0 Å². The fourth-order valence-corrected chi connectivity index (χ4v) is 2.54. The molecule has 0 aliphatic heterocycles. The first-order valence-electron chi connectivity index (χ1n) is 6.17. The summed E-state index contributed by atoms with van der Waals surface area (Å²) in [6.45, 7) is 0. The van der Waals surface area contributed by atoms with Gasteiger partial charge in [-0.2, -0.15) is 4.39 Å². The zero-order valence-electron chi connectivity index (χ0n) is 10.4. The summed E-state index contributed by atoms with van der Waals surface area (Å²) in [6, 6.07) is 2.45. The van der Waals surface area contributed by atoms with Crippen molar-refractivity contribution in [2.45, 2.75) is 37.6 Å². The summed E-state index contributed by atoms with van der Waals surface area (Å²) < 4.78 is 13.0. The topological polar surface area (TPSA) is 79.3 Å². The Hall–Kier alpha value is -1.98. The lowest BCUT2D eigenvalue weighted by Crippen LogP contribution is -2.47. The van der Waals surface area contributed by atoms with E-state index in [9.17, 15) is 14.0 Å². The highest BCUT2D eigenvalue weighted by molar-refractivity contribution is 5.94. The fraction of sp³-hybridized carbons (Fsp3) is 0.462. The Kier molecular flexibility index (Phi) is 3.78. The highest BCUT2D eigenvalue weighted by Crippen LogP contribution is 2.32. The van der Waals surface area contributed by atoms with Gasteiger partial charge in [0.1, 0.15) is 0 Å². The quantitative estimate of drug-likeness (QED) is 0.813. The van der Waals surface area contributed by atoms with E-state index in [4.69, 9.17) is 5.11 Å². The van der Waals surface area contributed by atoms with Gasteiger partial charge in [-0.3, -0.25) is 9.59 Å². The van der Waals surface area contributed by atoms with Crippen molar-refractivity contribution in [1.82, 2.24) is 10.3 Å². The molecule has 1 aliphatic carbocycles. The third-order valence-electron chi connectivity index (χ3n) is 3.42. The van der Waals surface area contributed by atoms with Crippen LogP contribution in [0.15, 0.2) is 18.3 Å². The Labute approximate surface area is 109 Å². The summed E-state index contributed by atoms with van der Waals surface area (Å²) in [5.41, 5.74) is -0.549. The molecule has 1 aromatic heterocycles. The molecule has 5 nitrogen and oxygen atoms in total. The van der Waals surface area contributed by atoms with E-state index in [1.165, 1.54) is 12.3 Å². The van der Waals surface area contributed by atoms with Crippen molar-refractivity contribution < 1.29 is 19.1 Å². The smallest absolute Gasteiger partial charge is 0.305 e. The van der Waals surface area contributed by atoms with E-state index in [0.717, 1.165) is 18.9 Å². The van der Waals surface area contributed by atoms with Crippen molar-refractivity contribution in [2.24, 2.45) is 0 Å². The number of aromatic nitrogens is 1. The van der Waals surface area contributed by atoms with Crippen LogP contribution >= 0.6 is 0 Å². The minimum absolute atomic E-state index is 0.105. The Balaban J connectivity index is 2.13. The van der Waals surface area contributed by atoms with Crippen LogP contribution in [0.4, 0.5) is 4.39 Å². The predicted molar refractivity (Wildman–Crippen MR) is 65.1 cm³/mol. The molecule has 2 N–H and O–H groups in total. The van der Waals surface area contributed by atoms with Gasteiger partial charge in [0.15, 0.2) is 0 Å². The first kappa shape index (κ1) is 13.5. The average molecular weight is 266 g/mol. The van der Waals surface area contributed by atoms with Crippen LogP contribution in [0.5, 0.6) is 0 Å². The normalized spacial score (nSPS) is 17.1. The number of nitrogens with zero attached hydrogens (tertiary/aromatic N) is 1. The number of pyridine rings is 1. The number of carbonyl (C=O) groups is 2. The third kappa shape index (κ3) is 3.27. The predicted octanol–water partition coefficient (Wildman–Crippen LogP) is 1.74. The zero-order chi connectivity index (χ0) is 13.9. The summed E-state index contributed by atoms with van der Waals surface area (Å²) in [5, 5.41) is 11.7. The van der Waals surface area contributed by atoms with Crippen LogP contribution in [0.1, 0.15) is 42.5 Å². The molecule has 0 aromatic carbocycles. The van der Waals surface area contributed by atoms with Crippen LogP contribution in [0.2, 0.25) is 0 Å². The summed E-state index contributed by atoms with van der Waals surface area (Å²) >= 11 is 0. The molecule has 102 valence electrons. The van der Waals surface area contributed by atoms with E-state index in [1.54, 1.807) is 0 Å². The molecule has 1 aromatic rings. The van der Waals surface area contributed by atoms with Crippen molar-refractivity contribution in [3.63, 3.8) is 0 Å². The van der Waals surface area contributed by atoms with E-state index in [0.29, 0.717) is 12.8 Å². The number of carbonyl (C=O) groups excluding carboxylic acids is 1. The second-order valence-electron chi connectivity index (χ2n) is 4.88. The Morgan fingerprint density at radius 1 is 1.42 bits per heavy atom. The summed E-state index contributed by atoms with van der Waals surface area (Å²) in [4.78, 5) is 26.3. The lowest BCUT2D eigenvalue weighted by atomic mass is 9.92. The van der Waals surface area contributed by atoms with Crippen molar-refractivity contribution in [3.05, 3.63) is 29.8 Å². The minimum atomic E-state index is -0.942. The molecule has 0 spiro atoms. The number of hydrogen-bond donors (Lipinski definition) is 2. The molecule has 1 heterocycles. The first-order chi connectivity index (χ1) is 9.01. The van der Waals surface area contributed by atoms with Gasteiger partial charge in [-0.15, -0.1) is 0 Å². The SMILES string of the molecule is O=C(O)CC1(NC(=O)c2ccnc(F)c2)CCCC1. The maximum Gasteiger partial charge on any atom is 0.305 e. The van der Waals surface area contributed by atoms with E-state index in [2.05, 4.69) is 10.3 Å². The molecule has 1 amide bonds. The number of amides is 1. The Bertz CT molecular complexity index is 498. The number of carboxylic acids is 1. The van der Waals surface area contributed by atoms with Crippen LogP contribution in [0, 0.1) is 5.95 Å². The number of carboxylic acid groups (broad SMARTS) is 1. The molecule has 1 aliphatic rings. The van der Waals surface area contributed by atoms with E-state index in [1.807, 2.05) is 0 Å². The van der Waals surface area contributed by atoms with Crippen LogP contribution in [-0.4, -0.2) is 27.5 Å². The lowest BCUT2D eigenvalue weighted by Gasteiger charge is -2.28. The van der Waals surface area contributed by atoms with Gasteiger partial charge < -0.3 is 10.4 Å². The van der Waals surface area contributed by atoms with Gasteiger partial charge >= 0.3 is 5.97 Å². The number of hydrogen-bond acceptors (Lipinski definition) is 3. The van der Waals surface area contributed by atoms with Crippen molar-refractivity contribution in [3.8, 4) is 0 Å². The van der Waals surface area contributed by atoms with Crippen LogP contribution in [0.3, 0.4) is 0 Å². The monoisotopic (exact) mass is 266 g/mol. The van der Waals surface area contributed by atoms with Crippen LogP contribution < -0.4 is 5.32 Å². The highest BCUT2D eigenvalue weighted by Gasteiger charge is 2.37. The summed E-state index contributed by atoms with van der Waals surface area (Å²) in [7, 11) is 0. The van der Waals surface area contributed by atoms with E-state index < -0.39 is 23.4 Å².